The van der Waals surface area contributed by atoms with Crippen LogP contribution in [0.15, 0.2) is 21.9 Å². The van der Waals surface area contributed by atoms with Crippen LogP contribution in [0.25, 0.3) is 0 Å². The summed E-state index contributed by atoms with van der Waals surface area (Å²) >= 11 is 4.31. The van der Waals surface area contributed by atoms with Crippen molar-refractivity contribution in [3.05, 3.63) is 22.4 Å². The molecule has 0 radical (unpaired) electrons. The molecule has 0 atom stereocenters. The van der Waals surface area contributed by atoms with Crippen LogP contribution in [0.2, 0.25) is 0 Å². The fourth-order valence-corrected chi connectivity index (χ4v) is 3.52. The molecule has 8 heteroatoms. The molecule has 1 N–H and O–H groups in total. The van der Waals surface area contributed by atoms with Crippen molar-refractivity contribution in [2.75, 3.05) is 17.7 Å². The van der Waals surface area contributed by atoms with Crippen molar-refractivity contribution in [2.45, 2.75) is 10.9 Å². The van der Waals surface area contributed by atoms with Crippen LogP contribution in [-0.2, 0) is 11.3 Å². The van der Waals surface area contributed by atoms with E-state index in [1.54, 1.807) is 11.3 Å². The molecule has 2 aromatic heterocycles. The third-order valence-corrected chi connectivity index (χ3v) is 5.03. The van der Waals surface area contributed by atoms with E-state index in [1.165, 1.54) is 28.0 Å². The Bertz CT molecular complexity index is 512. The molecule has 2 heterocycles. The molecule has 0 aliphatic heterocycles. The first-order chi connectivity index (χ1) is 8.65. The van der Waals surface area contributed by atoms with Crippen LogP contribution in [0.3, 0.4) is 0 Å². The summed E-state index contributed by atoms with van der Waals surface area (Å²) in [6.07, 6.45) is 0. The van der Waals surface area contributed by atoms with Crippen molar-refractivity contribution in [2.24, 2.45) is 0 Å². The van der Waals surface area contributed by atoms with E-state index in [4.69, 9.17) is 5.11 Å². The van der Waals surface area contributed by atoms with Crippen LogP contribution in [0.1, 0.15) is 4.88 Å². The highest BCUT2D eigenvalue weighted by atomic mass is 32.2. The zero-order valence-electron chi connectivity index (χ0n) is 9.57. The maximum atomic E-state index is 10.5. The monoisotopic (exact) mass is 301 g/mol. The molecule has 0 bridgehead atoms. The van der Waals surface area contributed by atoms with Gasteiger partial charge in [-0.3, -0.25) is 4.79 Å². The normalized spacial score (nSPS) is 10.5. The SMILES string of the molecule is CN(Cc1cccs1)c1nnc(SCC(=O)O)s1. The van der Waals surface area contributed by atoms with E-state index in [9.17, 15) is 4.79 Å². The molecular formula is C10H11N3O2S3. The average molecular weight is 301 g/mol. The highest BCUT2D eigenvalue weighted by molar-refractivity contribution is 8.01. The Labute approximate surface area is 116 Å². The molecule has 0 saturated heterocycles. The van der Waals surface area contributed by atoms with E-state index in [-0.39, 0.29) is 5.75 Å². The number of hydrogen-bond acceptors (Lipinski definition) is 7. The van der Waals surface area contributed by atoms with E-state index in [0.29, 0.717) is 4.34 Å². The van der Waals surface area contributed by atoms with E-state index >= 15 is 0 Å². The number of thioether (sulfide) groups is 1. The first kappa shape index (κ1) is 13.3. The van der Waals surface area contributed by atoms with Crippen molar-refractivity contribution >= 4 is 45.5 Å². The number of hydrogen-bond donors (Lipinski definition) is 1. The van der Waals surface area contributed by atoms with E-state index in [1.807, 2.05) is 23.4 Å². The predicted octanol–water partition coefficient (Wildman–Crippen LogP) is 2.41. The average Bonchev–Trinajstić information content (AvgIpc) is 2.96. The summed E-state index contributed by atoms with van der Waals surface area (Å²) in [5.41, 5.74) is 0. The quantitative estimate of drug-likeness (QED) is 0.827. The number of carbonyl (C=O) groups is 1. The van der Waals surface area contributed by atoms with Gasteiger partial charge in [-0.15, -0.1) is 21.5 Å². The number of aromatic nitrogens is 2. The molecule has 0 fully saturated rings. The lowest BCUT2D eigenvalue weighted by Gasteiger charge is -2.12. The molecule has 0 aliphatic carbocycles. The van der Waals surface area contributed by atoms with Gasteiger partial charge in [0.2, 0.25) is 5.13 Å². The molecule has 0 aliphatic rings. The van der Waals surface area contributed by atoms with Gasteiger partial charge in [-0.2, -0.15) is 0 Å². The lowest BCUT2D eigenvalue weighted by molar-refractivity contribution is -0.133. The highest BCUT2D eigenvalue weighted by Crippen LogP contribution is 2.28. The van der Waals surface area contributed by atoms with Gasteiger partial charge in [0.15, 0.2) is 4.34 Å². The van der Waals surface area contributed by atoms with Gasteiger partial charge in [0.25, 0.3) is 0 Å². The minimum absolute atomic E-state index is 0.0171. The molecule has 96 valence electrons. The van der Waals surface area contributed by atoms with E-state index in [2.05, 4.69) is 16.3 Å². The van der Waals surface area contributed by atoms with Gasteiger partial charge in [0.1, 0.15) is 0 Å². The predicted molar refractivity (Wildman–Crippen MR) is 74.7 cm³/mol. The molecule has 0 saturated carbocycles. The Kier molecular flexibility index (Phi) is 4.56. The van der Waals surface area contributed by atoms with Gasteiger partial charge >= 0.3 is 5.97 Å². The summed E-state index contributed by atoms with van der Waals surface area (Å²) in [7, 11) is 1.95. The first-order valence-electron chi connectivity index (χ1n) is 5.07. The van der Waals surface area contributed by atoms with Crippen LogP contribution in [0, 0.1) is 0 Å². The van der Waals surface area contributed by atoms with E-state index in [0.717, 1.165) is 11.7 Å². The Morgan fingerprint density at radius 3 is 3.06 bits per heavy atom. The number of nitrogens with zero attached hydrogens (tertiary/aromatic N) is 3. The Hall–Kier alpha value is -1.12. The maximum absolute atomic E-state index is 10.5. The van der Waals surface area contributed by atoms with Gasteiger partial charge in [-0.25, -0.2) is 0 Å². The van der Waals surface area contributed by atoms with Crippen molar-refractivity contribution in [3.63, 3.8) is 0 Å². The molecule has 0 amide bonds. The van der Waals surface area contributed by atoms with Crippen molar-refractivity contribution in [3.8, 4) is 0 Å². The zero-order valence-corrected chi connectivity index (χ0v) is 12.0. The number of carboxylic acids is 1. The third-order valence-electron chi connectivity index (χ3n) is 2.01. The topological polar surface area (TPSA) is 66.3 Å². The van der Waals surface area contributed by atoms with Crippen molar-refractivity contribution in [1.82, 2.24) is 10.2 Å². The van der Waals surface area contributed by atoms with Crippen LogP contribution in [0.5, 0.6) is 0 Å². The van der Waals surface area contributed by atoms with E-state index < -0.39 is 5.97 Å². The minimum atomic E-state index is -0.844. The highest BCUT2D eigenvalue weighted by Gasteiger charge is 2.11. The molecule has 0 unspecified atom stereocenters. The number of aliphatic carboxylic acids is 1. The molecular weight excluding hydrogens is 290 g/mol. The second-order valence-corrected chi connectivity index (χ2v) is 6.68. The zero-order chi connectivity index (χ0) is 13.0. The van der Waals surface area contributed by atoms with Crippen molar-refractivity contribution < 1.29 is 9.90 Å². The van der Waals surface area contributed by atoms with Gasteiger partial charge in [0, 0.05) is 11.9 Å². The molecule has 0 spiro atoms. The lowest BCUT2D eigenvalue weighted by atomic mass is 10.4. The molecule has 5 nitrogen and oxygen atoms in total. The largest absolute Gasteiger partial charge is 0.481 e. The second kappa shape index (κ2) is 6.17. The number of carboxylic acid groups (broad SMARTS) is 1. The van der Waals surface area contributed by atoms with Crippen LogP contribution >= 0.6 is 34.4 Å². The molecule has 2 aromatic rings. The number of rotatable bonds is 6. The fraction of sp³-hybridized carbons (Fsp3) is 0.300. The van der Waals surface area contributed by atoms with Crippen molar-refractivity contribution in [1.29, 1.82) is 0 Å². The van der Waals surface area contributed by atoms with Gasteiger partial charge in [0.05, 0.1) is 12.3 Å². The second-order valence-electron chi connectivity index (χ2n) is 3.47. The molecule has 2 rings (SSSR count). The van der Waals surface area contributed by atoms with Gasteiger partial charge in [-0.1, -0.05) is 29.2 Å². The first-order valence-corrected chi connectivity index (χ1v) is 7.75. The maximum Gasteiger partial charge on any atom is 0.313 e. The third kappa shape index (κ3) is 3.69. The van der Waals surface area contributed by atoms with Gasteiger partial charge in [-0.05, 0) is 11.4 Å². The summed E-state index contributed by atoms with van der Waals surface area (Å²) in [6.45, 7) is 0.788. The molecule has 18 heavy (non-hydrogen) atoms. The number of thiophene rings is 1. The number of anilines is 1. The molecule has 0 aromatic carbocycles. The fourth-order valence-electron chi connectivity index (χ4n) is 1.24. The van der Waals surface area contributed by atoms with Crippen LogP contribution < -0.4 is 4.90 Å². The summed E-state index contributed by atoms with van der Waals surface area (Å²) in [5, 5.41) is 19.5. The Morgan fingerprint density at radius 2 is 2.39 bits per heavy atom. The Morgan fingerprint density at radius 1 is 1.56 bits per heavy atom. The summed E-state index contributed by atoms with van der Waals surface area (Å²) < 4.78 is 0.686. The lowest BCUT2D eigenvalue weighted by Crippen LogP contribution is -2.15. The summed E-state index contributed by atoms with van der Waals surface area (Å²) in [5.74, 6) is -0.827. The summed E-state index contributed by atoms with van der Waals surface area (Å²) in [4.78, 5) is 13.7. The van der Waals surface area contributed by atoms with Crippen LogP contribution in [0.4, 0.5) is 5.13 Å². The van der Waals surface area contributed by atoms with Crippen LogP contribution in [-0.4, -0.2) is 34.1 Å². The smallest absolute Gasteiger partial charge is 0.313 e. The van der Waals surface area contributed by atoms with Gasteiger partial charge < -0.3 is 10.0 Å². The minimum Gasteiger partial charge on any atom is -0.481 e. The standard InChI is InChI=1S/C10H11N3O2S3/c1-13(5-7-3-2-4-16-7)9-11-12-10(18-9)17-6-8(14)15/h2-4H,5-6H2,1H3,(H,14,15). The Balaban J connectivity index is 1.94. The summed E-state index contributed by atoms with van der Waals surface area (Å²) in [6, 6.07) is 4.09.